The summed E-state index contributed by atoms with van der Waals surface area (Å²) in [5.41, 5.74) is 2.15. The second-order valence-corrected chi connectivity index (χ2v) is 7.10. The molecule has 0 radical (unpaired) electrons. The zero-order valence-corrected chi connectivity index (χ0v) is 12.7. The molecular weight excluding hydrogens is 278 g/mol. The summed E-state index contributed by atoms with van der Waals surface area (Å²) in [6.07, 6.45) is 0. The van der Waals surface area contributed by atoms with Gasteiger partial charge in [0.1, 0.15) is 0 Å². The van der Waals surface area contributed by atoms with E-state index in [0.29, 0.717) is 9.21 Å². The Morgan fingerprint density at radius 2 is 1.74 bits per heavy atom. The van der Waals surface area contributed by atoms with Gasteiger partial charge in [0.15, 0.2) is 0 Å². The number of carbonyl (C=O) groups is 1. The molecule has 19 heavy (non-hydrogen) atoms. The highest BCUT2D eigenvalue weighted by molar-refractivity contribution is 7.18. The van der Waals surface area contributed by atoms with Gasteiger partial charge in [0.2, 0.25) is 0 Å². The molecule has 1 amide bonds. The van der Waals surface area contributed by atoms with E-state index in [0.717, 1.165) is 5.69 Å². The maximum absolute atomic E-state index is 11.9. The van der Waals surface area contributed by atoms with Gasteiger partial charge in [-0.05, 0) is 35.2 Å². The van der Waals surface area contributed by atoms with Crippen LogP contribution in [0.3, 0.4) is 0 Å². The number of rotatable bonds is 2. The molecule has 2 nitrogen and oxygen atoms in total. The first kappa shape index (κ1) is 14.1. The minimum Gasteiger partial charge on any atom is -0.321 e. The van der Waals surface area contributed by atoms with Gasteiger partial charge in [-0.1, -0.05) is 44.5 Å². The summed E-state index contributed by atoms with van der Waals surface area (Å²) in [6, 6.07) is 11.4. The van der Waals surface area contributed by atoms with Gasteiger partial charge >= 0.3 is 0 Å². The molecule has 1 aromatic carbocycles. The second-order valence-electron chi connectivity index (χ2n) is 5.39. The second kappa shape index (κ2) is 5.35. The smallest absolute Gasteiger partial charge is 0.265 e. The quantitative estimate of drug-likeness (QED) is 0.834. The maximum Gasteiger partial charge on any atom is 0.265 e. The normalized spacial score (nSPS) is 11.4. The standard InChI is InChI=1S/C15H16ClNOS/c1-15(2,3)10-4-6-11(7-5-10)17-14(18)12-8-9-13(16)19-12/h4-9H,1-3H3,(H,17,18). The fraction of sp³-hybridized carbons (Fsp3) is 0.267. The number of halogens is 1. The van der Waals surface area contributed by atoms with Gasteiger partial charge in [-0.3, -0.25) is 4.79 Å². The van der Waals surface area contributed by atoms with Gasteiger partial charge in [0.05, 0.1) is 9.21 Å². The van der Waals surface area contributed by atoms with Crippen molar-refractivity contribution in [2.45, 2.75) is 26.2 Å². The Bertz CT molecular complexity index is 581. The molecule has 0 spiro atoms. The van der Waals surface area contributed by atoms with E-state index in [1.54, 1.807) is 12.1 Å². The van der Waals surface area contributed by atoms with Gasteiger partial charge in [-0.2, -0.15) is 0 Å². The molecule has 2 aromatic rings. The molecule has 0 fully saturated rings. The molecule has 1 aromatic heterocycles. The number of thiophene rings is 1. The number of carbonyl (C=O) groups excluding carboxylic acids is 1. The first-order chi connectivity index (χ1) is 8.86. The Labute approximate surface area is 122 Å². The average molecular weight is 294 g/mol. The van der Waals surface area contributed by atoms with E-state index in [4.69, 9.17) is 11.6 Å². The molecule has 0 bridgehead atoms. The number of nitrogens with one attached hydrogen (secondary N) is 1. The minimum absolute atomic E-state index is 0.115. The average Bonchev–Trinajstić information content (AvgIpc) is 2.75. The molecule has 0 unspecified atom stereocenters. The highest BCUT2D eigenvalue weighted by atomic mass is 35.5. The molecule has 0 atom stereocenters. The summed E-state index contributed by atoms with van der Waals surface area (Å²) in [6.45, 7) is 6.48. The summed E-state index contributed by atoms with van der Waals surface area (Å²) < 4.78 is 0.619. The molecule has 100 valence electrons. The topological polar surface area (TPSA) is 29.1 Å². The van der Waals surface area contributed by atoms with Crippen LogP contribution in [0, 0.1) is 0 Å². The van der Waals surface area contributed by atoms with Crippen LogP contribution < -0.4 is 5.32 Å². The molecule has 2 rings (SSSR count). The predicted octanol–water partition coefficient (Wildman–Crippen LogP) is 4.95. The van der Waals surface area contributed by atoms with Crippen molar-refractivity contribution in [3.05, 3.63) is 51.2 Å². The number of hydrogen-bond donors (Lipinski definition) is 1. The summed E-state index contributed by atoms with van der Waals surface area (Å²) in [4.78, 5) is 12.6. The first-order valence-electron chi connectivity index (χ1n) is 6.03. The van der Waals surface area contributed by atoms with E-state index in [1.165, 1.54) is 16.9 Å². The highest BCUT2D eigenvalue weighted by Crippen LogP contribution is 2.25. The summed E-state index contributed by atoms with van der Waals surface area (Å²) in [5.74, 6) is -0.125. The zero-order chi connectivity index (χ0) is 14.0. The summed E-state index contributed by atoms with van der Waals surface area (Å²) >= 11 is 7.09. The lowest BCUT2D eigenvalue weighted by Crippen LogP contribution is -2.12. The van der Waals surface area contributed by atoms with Crippen LogP contribution in [0.25, 0.3) is 0 Å². The lowest BCUT2D eigenvalue weighted by molar-refractivity contribution is 0.103. The summed E-state index contributed by atoms with van der Waals surface area (Å²) in [7, 11) is 0. The SMILES string of the molecule is CC(C)(C)c1ccc(NC(=O)c2ccc(Cl)s2)cc1. The van der Waals surface area contributed by atoms with E-state index in [-0.39, 0.29) is 11.3 Å². The van der Waals surface area contributed by atoms with Crippen molar-refractivity contribution in [2.75, 3.05) is 5.32 Å². The van der Waals surface area contributed by atoms with Crippen molar-refractivity contribution in [3.8, 4) is 0 Å². The Morgan fingerprint density at radius 3 is 2.21 bits per heavy atom. The third kappa shape index (κ3) is 3.58. The molecule has 1 heterocycles. The van der Waals surface area contributed by atoms with Crippen LogP contribution in [-0.2, 0) is 5.41 Å². The van der Waals surface area contributed by atoms with E-state index >= 15 is 0 Å². The lowest BCUT2D eigenvalue weighted by Gasteiger charge is -2.19. The van der Waals surface area contributed by atoms with Crippen LogP contribution in [0.15, 0.2) is 36.4 Å². The van der Waals surface area contributed by atoms with Crippen molar-refractivity contribution >= 4 is 34.5 Å². The highest BCUT2D eigenvalue weighted by Gasteiger charge is 2.13. The van der Waals surface area contributed by atoms with Crippen LogP contribution in [0.1, 0.15) is 36.0 Å². The van der Waals surface area contributed by atoms with Crippen molar-refractivity contribution in [1.82, 2.24) is 0 Å². The van der Waals surface area contributed by atoms with Gasteiger partial charge in [0.25, 0.3) is 5.91 Å². The van der Waals surface area contributed by atoms with Gasteiger partial charge in [0, 0.05) is 5.69 Å². The van der Waals surface area contributed by atoms with Crippen molar-refractivity contribution < 1.29 is 4.79 Å². The molecule has 4 heteroatoms. The number of benzene rings is 1. The molecule has 1 N–H and O–H groups in total. The Balaban J connectivity index is 2.10. The molecule has 0 aliphatic rings. The van der Waals surface area contributed by atoms with E-state index in [9.17, 15) is 4.79 Å². The monoisotopic (exact) mass is 293 g/mol. The Hall–Kier alpha value is -1.32. The number of anilines is 1. The van der Waals surface area contributed by atoms with Gasteiger partial charge in [-0.25, -0.2) is 0 Å². The minimum atomic E-state index is -0.125. The third-order valence-electron chi connectivity index (χ3n) is 2.81. The summed E-state index contributed by atoms with van der Waals surface area (Å²) in [5, 5.41) is 2.86. The van der Waals surface area contributed by atoms with Gasteiger partial charge < -0.3 is 5.32 Å². The first-order valence-corrected chi connectivity index (χ1v) is 7.23. The van der Waals surface area contributed by atoms with Crippen molar-refractivity contribution in [1.29, 1.82) is 0 Å². The molecule has 0 aliphatic carbocycles. The van der Waals surface area contributed by atoms with Crippen LogP contribution in [0.4, 0.5) is 5.69 Å². The van der Waals surface area contributed by atoms with Crippen molar-refractivity contribution in [3.63, 3.8) is 0 Å². The lowest BCUT2D eigenvalue weighted by atomic mass is 9.87. The van der Waals surface area contributed by atoms with Crippen molar-refractivity contribution in [2.24, 2.45) is 0 Å². The van der Waals surface area contributed by atoms with Crippen LogP contribution >= 0.6 is 22.9 Å². The van der Waals surface area contributed by atoms with E-state index in [1.807, 2.05) is 24.3 Å². The third-order valence-corrected chi connectivity index (χ3v) is 4.04. The molecule has 0 saturated carbocycles. The molecule has 0 aliphatic heterocycles. The molecular formula is C15H16ClNOS. The van der Waals surface area contributed by atoms with Crippen LogP contribution in [-0.4, -0.2) is 5.91 Å². The largest absolute Gasteiger partial charge is 0.321 e. The zero-order valence-electron chi connectivity index (χ0n) is 11.2. The Morgan fingerprint density at radius 1 is 1.11 bits per heavy atom. The maximum atomic E-state index is 11.9. The van der Waals surface area contributed by atoms with Crippen LogP contribution in [0.2, 0.25) is 4.34 Å². The predicted molar refractivity (Wildman–Crippen MR) is 82.4 cm³/mol. The Kier molecular flexibility index (Phi) is 3.97. The number of hydrogen-bond acceptors (Lipinski definition) is 2. The fourth-order valence-electron chi connectivity index (χ4n) is 1.68. The van der Waals surface area contributed by atoms with E-state index in [2.05, 4.69) is 26.1 Å². The molecule has 0 saturated heterocycles. The van der Waals surface area contributed by atoms with Gasteiger partial charge in [-0.15, -0.1) is 11.3 Å². The van der Waals surface area contributed by atoms with E-state index < -0.39 is 0 Å². The number of amides is 1. The fourth-order valence-corrected chi connectivity index (χ4v) is 2.62. The van der Waals surface area contributed by atoms with Crippen LogP contribution in [0.5, 0.6) is 0 Å².